The molecule has 0 aliphatic carbocycles. The van der Waals surface area contributed by atoms with E-state index in [1.165, 1.54) is 0 Å². The van der Waals surface area contributed by atoms with Crippen molar-refractivity contribution in [2.75, 3.05) is 19.7 Å². The zero-order valence-corrected chi connectivity index (χ0v) is 16.7. The lowest BCUT2D eigenvalue weighted by Crippen LogP contribution is -2.35. The fraction of sp³-hybridized carbons (Fsp3) is 0.391. The molecule has 2 heterocycles. The fourth-order valence-electron chi connectivity index (χ4n) is 3.90. The highest BCUT2D eigenvalue weighted by molar-refractivity contribution is 5.63. The van der Waals surface area contributed by atoms with Gasteiger partial charge in [0.15, 0.2) is 0 Å². The summed E-state index contributed by atoms with van der Waals surface area (Å²) in [4.78, 5) is 6.88. The summed E-state index contributed by atoms with van der Waals surface area (Å²) in [6.07, 6.45) is 1.50. The van der Waals surface area contributed by atoms with E-state index in [0.717, 1.165) is 42.8 Å². The van der Waals surface area contributed by atoms with Crippen LogP contribution in [0.5, 0.6) is 5.75 Å². The van der Waals surface area contributed by atoms with Crippen LogP contribution in [0, 0.1) is 5.92 Å². The number of aliphatic hydroxyl groups excluding tert-OH is 1. The van der Waals surface area contributed by atoms with E-state index in [4.69, 9.17) is 9.26 Å². The summed E-state index contributed by atoms with van der Waals surface area (Å²) in [5, 5.41) is 14.8. The van der Waals surface area contributed by atoms with Crippen molar-refractivity contribution >= 4 is 0 Å². The van der Waals surface area contributed by atoms with Crippen molar-refractivity contribution in [3.63, 3.8) is 0 Å². The van der Waals surface area contributed by atoms with E-state index in [1.54, 1.807) is 0 Å². The van der Waals surface area contributed by atoms with Crippen molar-refractivity contribution in [2.45, 2.75) is 32.4 Å². The van der Waals surface area contributed by atoms with Crippen LogP contribution < -0.4 is 4.74 Å². The Labute approximate surface area is 171 Å². The van der Waals surface area contributed by atoms with Crippen molar-refractivity contribution in [3.05, 3.63) is 66.1 Å². The molecule has 29 heavy (non-hydrogen) atoms. The van der Waals surface area contributed by atoms with Gasteiger partial charge in [-0.3, -0.25) is 4.90 Å². The predicted molar refractivity (Wildman–Crippen MR) is 110 cm³/mol. The first-order valence-corrected chi connectivity index (χ1v) is 10.2. The zero-order valence-electron chi connectivity index (χ0n) is 16.7. The van der Waals surface area contributed by atoms with Gasteiger partial charge in [0.1, 0.15) is 5.75 Å². The molecule has 1 saturated heterocycles. The molecule has 0 bridgehead atoms. The van der Waals surface area contributed by atoms with Crippen LogP contribution >= 0.6 is 0 Å². The Morgan fingerprint density at radius 2 is 1.83 bits per heavy atom. The van der Waals surface area contributed by atoms with Crippen LogP contribution in [0.2, 0.25) is 0 Å². The molecule has 0 spiro atoms. The minimum Gasteiger partial charge on any atom is -0.493 e. The third-order valence-corrected chi connectivity index (χ3v) is 5.47. The average Bonchev–Trinajstić information content (AvgIpc) is 3.23. The van der Waals surface area contributed by atoms with Gasteiger partial charge < -0.3 is 14.4 Å². The summed E-state index contributed by atoms with van der Waals surface area (Å²) < 4.78 is 11.2. The van der Waals surface area contributed by atoms with E-state index in [0.29, 0.717) is 24.9 Å². The Morgan fingerprint density at radius 1 is 1.10 bits per heavy atom. The van der Waals surface area contributed by atoms with Crippen molar-refractivity contribution in [2.24, 2.45) is 5.92 Å². The van der Waals surface area contributed by atoms with Gasteiger partial charge in [-0.15, -0.1) is 0 Å². The fourth-order valence-corrected chi connectivity index (χ4v) is 3.90. The van der Waals surface area contributed by atoms with Gasteiger partial charge in [0.2, 0.25) is 11.7 Å². The second kappa shape index (κ2) is 9.20. The second-order valence-corrected chi connectivity index (χ2v) is 7.41. The number of likely N-dealkylation sites (tertiary alicyclic amines) is 1. The predicted octanol–water partition coefficient (Wildman–Crippen LogP) is 4.08. The molecule has 1 fully saturated rings. The lowest BCUT2D eigenvalue weighted by Gasteiger charge is -2.33. The van der Waals surface area contributed by atoms with Crippen molar-refractivity contribution in [1.82, 2.24) is 15.0 Å². The van der Waals surface area contributed by atoms with E-state index in [9.17, 15) is 5.11 Å². The molecule has 1 unspecified atom stereocenters. The lowest BCUT2D eigenvalue weighted by molar-refractivity contribution is 0.0538. The molecule has 4 rings (SSSR count). The minimum atomic E-state index is -0.400. The molecule has 1 aliphatic rings. The number of benzene rings is 2. The topological polar surface area (TPSA) is 71.6 Å². The van der Waals surface area contributed by atoms with Crippen molar-refractivity contribution in [1.29, 1.82) is 0 Å². The summed E-state index contributed by atoms with van der Waals surface area (Å²) in [6.45, 7) is 4.98. The van der Waals surface area contributed by atoms with Gasteiger partial charge in [-0.05, 0) is 56.5 Å². The van der Waals surface area contributed by atoms with Gasteiger partial charge in [-0.1, -0.05) is 47.6 Å². The van der Waals surface area contributed by atoms with Gasteiger partial charge >= 0.3 is 0 Å². The highest BCUT2D eigenvalue weighted by Crippen LogP contribution is 2.31. The summed E-state index contributed by atoms with van der Waals surface area (Å²) in [6, 6.07) is 17.7. The molecule has 152 valence electrons. The molecule has 0 saturated carbocycles. The number of ether oxygens (including phenoxy) is 1. The number of aromatic nitrogens is 2. The number of rotatable bonds is 7. The number of nitrogens with zero attached hydrogens (tertiary/aromatic N) is 3. The highest BCUT2D eigenvalue weighted by Gasteiger charge is 2.27. The van der Waals surface area contributed by atoms with Crippen LogP contribution in [0.25, 0.3) is 11.4 Å². The maximum absolute atomic E-state index is 10.6. The maximum Gasteiger partial charge on any atom is 0.241 e. The van der Waals surface area contributed by atoms with Crippen LogP contribution in [-0.4, -0.2) is 39.8 Å². The highest BCUT2D eigenvalue weighted by atomic mass is 16.5. The van der Waals surface area contributed by atoms with Crippen LogP contribution in [0.15, 0.2) is 59.1 Å². The van der Waals surface area contributed by atoms with Gasteiger partial charge in [0.05, 0.1) is 24.8 Å². The molecular formula is C23H27N3O3. The maximum atomic E-state index is 10.6. The number of piperidine rings is 1. The summed E-state index contributed by atoms with van der Waals surface area (Å²) in [5.74, 6) is 2.20. The molecular weight excluding hydrogens is 366 g/mol. The molecule has 0 amide bonds. The number of hydrogen-bond acceptors (Lipinski definition) is 6. The summed E-state index contributed by atoms with van der Waals surface area (Å²) >= 11 is 0. The zero-order chi connectivity index (χ0) is 20.1. The smallest absolute Gasteiger partial charge is 0.241 e. The molecule has 6 heteroatoms. The number of para-hydroxylation sites is 1. The first-order valence-electron chi connectivity index (χ1n) is 10.2. The molecule has 1 atom stereocenters. The van der Waals surface area contributed by atoms with Crippen molar-refractivity contribution in [3.8, 4) is 17.1 Å². The second-order valence-electron chi connectivity index (χ2n) is 7.41. The number of aliphatic hydroxyl groups is 1. The summed E-state index contributed by atoms with van der Waals surface area (Å²) in [7, 11) is 0. The molecule has 1 aromatic heterocycles. The molecule has 1 aliphatic heterocycles. The lowest BCUT2D eigenvalue weighted by atomic mass is 9.87. The van der Waals surface area contributed by atoms with Gasteiger partial charge in [-0.2, -0.15) is 4.98 Å². The van der Waals surface area contributed by atoms with Gasteiger partial charge in [0.25, 0.3) is 0 Å². The molecule has 3 aromatic rings. The van der Waals surface area contributed by atoms with Crippen LogP contribution in [0.4, 0.5) is 0 Å². The van der Waals surface area contributed by atoms with Crippen LogP contribution in [0.1, 0.15) is 37.3 Å². The summed E-state index contributed by atoms with van der Waals surface area (Å²) in [5.41, 5.74) is 1.84. The molecule has 0 radical (unpaired) electrons. The largest absolute Gasteiger partial charge is 0.493 e. The normalized spacial score (nSPS) is 16.6. The Hall–Kier alpha value is -2.70. The van der Waals surface area contributed by atoms with Gasteiger partial charge in [0, 0.05) is 0 Å². The SMILES string of the molecule is CCOc1ccccc1-c1noc(CN2CCC(C(O)c3ccccc3)CC2)n1. The van der Waals surface area contributed by atoms with E-state index in [1.807, 2.05) is 61.5 Å². The molecule has 2 aromatic carbocycles. The molecule has 6 nitrogen and oxygen atoms in total. The Balaban J connectivity index is 1.35. The third kappa shape index (κ3) is 4.66. The van der Waals surface area contributed by atoms with E-state index < -0.39 is 6.10 Å². The molecule has 1 N–H and O–H groups in total. The first-order chi connectivity index (χ1) is 14.2. The Bertz CT molecular complexity index is 904. The standard InChI is InChI=1S/C23H27N3O3/c1-2-28-20-11-7-6-10-19(20)23-24-21(29-25-23)16-26-14-12-18(13-15-26)22(27)17-8-4-3-5-9-17/h3-11,18,22,27H,2,12-16H2,1H3. The van der Waals surface area contributed by atoms with E-state index in [-0.39, 0.29) is 5.92 Å². The van der Waals surface area contributed by atoms with Crippen molar-refractivity contribution < 1.29 is 14.4 Å². The quantitative estimate of drug-likeness (QED) is 0.652. The average molecular weight is 393 g/mol. The van der Waals surface area contributed by atoms with E-state index in [2.05, 4.69) is 15.0 Å². The monoisotopic (exact) mass is 393 g/mol. The van der Waals surface area contributed by atoms with E-state index >= 15 is 0 Å². The number of hydrogen-bond donors (Lipinski definition) is 1. The minimum absolute atomic E-state index is 0.282. The Kier molecular flexibility index (Phi) is 6.22. The van der Waals surface area contributed by atoms with Gasteiger partial charge in [-0.25, -0.2) is 0 Å². The Morgan fingerprint density at radius 3 is 2.59 bits per heavy atom. The van der Waals surface area contributed by atoms with Crippen LogP contribution in [0.3, 0.4) is 0 Å². The third-order valence-electron chi connectivity index (χ3n) is 5.47. The first kappa shape index (κ1) is 19.6. The van der Waals surface area contributed by atoms with Crippen LogP contribution in [-0.2, 0) is 6.54 Å².